The second-order valence-electron chi connectivity index (χ2n) is 6.02. The molecule has 1 fully saturated rings. The van der Waals surface area contributed by atoms with Crippen LogP contribution in [0.3, 0.4) is 0 Å². The molecule has 1 unspecified atom stereocenters. The van der Waals surface area contributed by atoms with E-state index < -0.39 is 0 Å². The molecule has 2 aromatic rings. The zero-order chi connectivity index (χ0) is 17.1. The summed E-state index contributed by atoms with van der Waals surface area (Å²) in [6, 6.07) is 12.8. The van der Waals surface area contributed by atoms with Gasteiger partial charge in [-0.15, -0.1) is 0 Å². The Morgan fingerprint density at radius 2 is 2.04 bits per heavy atom. The van der Waals surface area contributed by atoms with Gasteiger partial charge < -0.3 is 9.64 Å². The van der Waals surface area contributed by atoms with Crippen molar-refractivity contribution in [2.24, 2.45) is 0 Å². The van der Waals surface area contributed by atoms with E-state index in [1.165, 1.54) is 11.6 Å². The minimum absolute atomic E-state index is 0.0875. The van der Waals surface area contributed by atoms with Crippen LogP contribution in [0.1, 0.15) is 23.5 Å². The van der Waals surface area contributed by atoms with Crippen LogP contribution >= 0.6 is 15.9 Å². The molecule has 3 nitrogen and oxygen atoms in total. The van der Waals surface area contributed by atoms with Gasteiger partial charge in [0.25, 0.3) is 0 Å². The molecular formula is C19H19BrFNO2. The average Bonchev–Trinajstić information content (AvgIpc) is 3.08. The van der Waals surface area contributed by atoms with Crippen LogP contribution in [0.2, 0.25) is 0 Å². The average molecular weight is 392 g/mol. The number of benzene rings is 2. The van der Waals surface area contributed by atoms with E-state index in [4.69, 9.17) is 4.74 Å². The molecule has 0 saturated carbocycles. The van der Waals surface area contributed by atoms with Gasteiger partial charge in [-0.05, 0) is 57.7 Å². The molecule has 1 aliphatic rings. The molecular weight excluding hydrogens is 373 g/mol. The molecule has 1 heterocycles. The lowest BCUT2D eigenvalue weighted by atomic mass is 9.98. The summed E-state index contributed by atoms with van der Waals surface area (Å²) in [5.74, 6) is 0.975. The van der Waals surface area contributed by atoms with Crippen molar-refractivity contribution < 1.29 is 13.9 Å². The number of carbonyl (C=O) groups excluding carboxylic acids is 1. The quantitative estimate of drug-likeness (QED) is 0.782. The molecule has 3 rings (SSSR count). The van der Waals surface area contributed by atoms with Crippen LogP contribution in [0.4, 0.5) is 4.39 Å². The Morgan fingerprint density at radius 1 is 1.29 bits per heavy atom. The molecule has 0 aliphatic carbocycles. The van der Waals surface area contributed by atoms with Gasteiger partial charge in [-0.25, -0.2) is 4.39 Å². The van der Waals surface area contributed by atoms with Gasteiger partial charge in [-0.2, -0.15) is 0 Å². The third-order valence-corrected chi connectivity index (χ3v) is 5.08. The maximum Gasteiger partial charge on any atom is 0.227 e. The molecule has 0 bridgehead atoms. The van der Waals surface area contributed by atoms with Crippen LogP contribution in [0.25, 0.3) is 0 Å². The Labute approximate surface area is 149 Å². The summed E-state index contributed by atoms with van der Waals surface area (Å²) in [5.41, 5.74) is 2.05. The van der Waals surface area contributed by atoms with Crippen molar-refractivity contribution in [1.29, 1.82) is 0 Å². The van der Waals surface area contributed by atoms with Crippen molar-refractivity contribution in [3.63, 3.8) is 0 Å². The Kier molecular flexibility index (Phi) is 5.19. The van der Waals surface area contributed by atoms with Crippen LogP contribution in [-0.2, 0) is 11.2 Å². The Balaban J connectivity index is 1.61. The maximum absolute atomic E-state index is 13.3. The normalized spacial score (nSPS) is 17.1. The Hall–Kier alpha value is -1.88. The summed E-state index contributed by atoms with van der Waals surface area (Å²) < 4.78 is 18.9. The molecule has 0 N–H and O–H groups in total. The molecule has 0 radical (unpaired) electrons. The topological polar surface area (TPSA) is 29.5 Å². The molecule has 0 aromatic heterocycles. The van der Waals surface area contributed by atoms with Gasteiger partial charge >= 0.3 is 0 Å². The van der Waals surface area contributed by atoms with Crippen molar-refractivity contribution in [3.8, 4) is 5.75 Å². The number of rotatable bonds is 4. The highest BCUT2D eigenvalue weighted by Crippen LogP contribution is 2.29. The van der Waals surface area contributed by atoms with Crippen molar-refractivity contribution >= 4 is 21.8 Å². The molecule has 24 heavy (non-hydrogen) atoms. The molecule has 2 aromatic carbocycles. The largest absolute Gasteiger partial charge is 0.497 e. The Morgan fingerprint density at radius 3 is 2.71 bits per heavy atom. The van der Waals surface area contributed by atoms with E-state index in [1.807, 2.05) is 17.0 Å². The minimum atomic E-state index is -0.313. The summed E-state index contributed by atoms with van der Waals surface area (Å²) in [7, 11) is 1.65. The van der Waals surface area contributed by atoms with Crippen molar-refractivity contribution in [2.45, 2.75) is 18.8 Å². The first kappa shape index (κ1) is 17.0. The molecule has 5 heteroatoms. The standard InChI is InChI=1S/C19H19BrFNO2/c1-24-16-5-3-14(4-6-16)15-8-9-22(12-15)19(23)11-13-2-7-18(21)17(20)10-13/h2-7,10,15H,8-9,11-12H2,1H3. The highest BCUT2D eigenvalue weighted by atomic mass is 79.9. The van der Waals surface area contributed by atoms with E-state index in [0.29, 0.717) is 16.8 Å². The van der Waals surface area contributed by atoms with Gasteiger partial charge in [-0.3, -0.25) is 4.79 Å². The second kappa shape index (κ2) is 7.34. The van der Waals surface area contributed by atoms with Gasteiger partial charge in [0.15, 0.2) is 0 Å². The number of amides is 1. The zero-order valence-corrected chi connectivity index (χ0v) is 15.1. The third kappa shape index (κ3) is 3.78. The SMILES string of the molecule is COc1ccc(C2CCN(C(=O)Cc3ccc(F)c(Br)c3)C2)cc1. The molecule has 1 saturated heterocycles. The highest BCUT2D eigenvalue weighted by Gasteiger charge is 2.27. The second-order valence-corrected chi connectivity index (χ2v) is 6.88. The molecule has 1 atom stereocenters. The predicted molar refractivity (Wildman–Crippen MR) is 94.7 cm³/mol. The van der Waals surface area contributed by atoms with Gasteiger partial charge in [0.1, 0.15) is 11.6 Å². The first-order valence-electron chi connectivity index (χ1n) is 7.92. The van der Waals surface area contributed by atoms with Crippen LogP contribution < -0.4 is 4.74 Å². The molecule has 0 spiro atoms. The summed E-state index contributed by atoms with van der Waals surface area (Å²) in [6.45, 7) is 1.49. The third-order valence-electron chi connectivity index (χ3n) is 4.47. The summed E-state index contributed by atoms with van der Waals surface area (Å²) >= 11 is 3.16. The summed E-state index contributed by atoms with van der Waals surface area (Å²) in [5, 5.41) is 0. The number of hydrogen-bond donors (Lipinski definition) is 0. The molecule has 126 valence electrons. The lowest BCUT2D eigenvalue weighted by molar-refractivity contribution is -0.129. The van der Waals surface area contributed by atoms with E-state index in [2.05, 4.69) is 28.1 Å². The van der Waals surface area contributed by atoms with Crippen LogP contribution in [0.15, 0.2) is 46.9 Å². The first-order chi connectivity index (χ1) is 11.6. The van der Waals surface area contributed by atoms with E-state index in [0.717, 1.165) is 30.8 Å². The Bertz CT molecular complexity index is 733. The number of hydrogen-bond acceptors (Lipinski definition) is 2. The highest BCUT2D eigenvalue weighted by molar-refractivity contribution is 9.10. The van der Waals surface area contributed by atoms with E-state index in [-0.39, 0.29) is 11.7 Å². The van der Waals surface area contributed by atoms with E-state index in [9.17, 15) is 9.18 Å². The number of halogens is 2. The van der Waals surface area contributed by atoms with E-state index >= 15 is 0 Å². The van der Waals surface area contributed by atoms with Gasteiger partial charge in [0, 0.05) is 19.0 Å². The lowest BCUT2D eigenvalue weighted by Gasteiger charge is -2.17. The summed E-state index contributed by atoms with van der Waals surface area (Å²) in [6.07, 6.45) is 1.26. The fraction of sp³-hybridized carbons (Fsp3) is 0.316. The number of likely N-dealkylation sites (tertiary alicyclic amines) is 1. The fourth-order valence-corrected chi connectivity index (χ4v) is 3.50. The van der Waals surface area contributed by atoms with Crippen LogP contribution in [-0.4, -0.2) is 31.0 Å². The van der Waals surface area contributed by atoms with Crippen molar-refractivity contribution in [3.05, 3.63) is 63.9 Å². The first-order valence-corrected chi connectivity index (χ1v) is 8.72. The number of carbonyl (C=O) groups is 1. The number of nitrogens with zero attached hydrogens (tertiary/aromatic N) is 1. The van der Waals surface area contributed by atoms with Crippen molar-refractivity contribution in [2.75, 3.05) is 20.2 Å². The predicted octanol–water partition coefficient (Wildman–Crippen LogP) is 4.16. The van der Waals surface area contributed by atoms with Crippen LogP contribution in [0.5, 0.6) is 5.75 Å². The number of methoxy groups -OCH3 is 1. The van der Waals surface area contributed by atoms with Crippen molar-refractivity contribution in [1.82, 2.24) is 4.90 Å². The van der Waals surface area contributed by atoms with Crippen LogP contribution in [0, 0.1) is 5.82 Å². The minimum Gasteiger partial charge on any atom is -0.497 e. The van der Waals surface area contributed by atoms with Gasteiger partial charge in [0.2, 0.25) is 5.91 Å². The fourth-order valence-electron chi connectivity index (χ4n) is 3.07. The molecule has 1 amide bonds. The van der Waals surface area contributed by atoms with E-state index in [1.54, 1.807) is 19.2 Å². The lowest BCUT2D eigenvalue weighted by Crippen LogP contribution is -2.29. The monoisotopic (exact) mass is 391 g/mol. The molecule has 1 aliphatic heterocycles. The van der Waals surface area contributed by atoms with Gasteiger partial charge in [-0.1, -0.05) is 18.2 Å². The maximum atomic E-state index is 13.3. The number of ether oxygens (including phenoxy) is 1. The summed E-state index contributed by atoms with van der Waals surface area (Å²) in [4.78, 5) is 14.4. The van der Waals surface area contributed by atoms with Gasteiger partial charge in [0.05, 0.1) is 18.0 Å². The zero-order valence-electron chi connectivity index (χ0n) is 13.5. The smallest absolute Gasteiger partial charge is 0.227 e.